The highest BCUT2D eigenvalue weighted by atomic mass is 32.1. The van der Waals surface area contributed by atoms with Gasteiger partial charge in [0.05, 0.1) is 24.1 Å². The summed E-state index contributed by atoms with van der Waals surface area (Å²) in [5.41, 5.74) is 2.12. The lowest BCUT2D eigenvalue weighted by Gasteiger charge is -2.30. The van der Waals surface area contributed by atoms with Crippen molar-refractivity contribution < 1.29 is 4.74 Å². The Morgan fingerprint density at radius 1 is 1.36 bits per heavy atom. The highest BCUT2D eigenvalue weighted by Gasteiger charge is 2.31. The van der Waals surface area contributed by atoms with E-state index in [1.165, 1.54) is 10.4 Å². The SMILES string of the molecule is CC[C@@H](C)NCc1nc2c3c4c(sc3nc(C)n2n1)COC(C)(C)C4. The molecule has 0 aliphatic carbocycles. The van der Waals surface area contributed by atoms with Crippen molar-refractivity contribution in [2.45, 2.75) is 72.3 Å². The van der Waals surface area contributed by atoms with Crippen LogP contribution in [0.25, 0.3) is 15.9 Å². The van der Waals surface area contributed by atoms with Gasteiger partial charge in [-0.1, -0.05) is 6.92 Å². The molecule has 0 saturated heterocycles. The van der Waals surface area contributed by atoms with E-state index in [9.17, 15) is 0 Å². The van der Waals surface area contributed by atoms with E-state index in [1.54, 1.807) is 11.3 Å². The van der Waals surface area contributed by atoms with Crippen molar-refractivity contribution in [2.24, 2.45) is 0 Å². The number of fused-ring (bicyclic) bond motifs is 5. The first kappa shape index (κ1) is 16.9. The maximum atomic E-state index is 5.98. The van der Waals surface area contributed by atoms with E-state index < -0.39 is 0 Å². The highest BCUT2D eigenvalue weighted by Crippen LogP contribution is 2.39. The highest BCUT2D eigenvalue weighted by molar-refractivity contribution is 7.19. The summed E-state index contributed by atoms with van der Waals surface area (Å²) in [5, 5.41) is 9.31. The molecule has 1 aliphatic heterocycles. The molecular weight excluding hydrogens is 334 g/mol. The van der Waals surface area contributed by atoms with Crippen molar-refractivity contribution in [3.05, 3.63) is 22.1 Å². The lowest BCUT2D eigenvalue weighted by Crippen LogP contribution is -2.31. The van der Waals surface area contributed by atoms with Crippen LogP contribution in [0.2, 0.25) is 0 Å². The number of thiophene rings is 1. The van der Waals surface area contributed by atoms with Crippen LogP contribution in [-0.2, 0) is 24.3 Å². The van der Waals surface area contributed by atoms with Crippen molar-refractivity contribution in [3.8, 4) is 0 Å². The first-order chi connectivity index (χ1) is 11.9. The van der Waals surface area contributed by atoms with Gasteiger partial charge in [-0.25, -0.2) is 9.97 Å². The van der Waals surface area contributed by atoms with Crippen LogP contribution in [0.15, 0.2) is 0 Å². The number of ether oxygens (including phenoxy) is 1. The lowest BCUT2D eigenvalue weighted by molar-refractivity contribution is -0.0379. The standard InChI is InChI=1S/C18H25N5OS/c1-6-10(2)19-8-14-21-16-15-12-7-18(4,5)24-9-13(12)25-17(15)20-11(3)23(16)22-14/h10,19H,6-9H2,1-5H3/t10-/m1/s1. The number of nitrogens with one attached hydrogen (secondary N) is 1. The van der Waals surface area contributed by atoms with Gasteiger partial charge in [-0.05, 0) is 39.7 Å². The minimum absolute atomic E-state index is 0.149. The molecule has 25 heavy (non-hydrogen) atoms. The first-order valence-corrected chi connectivity index (χ1v) is 9.73. The summed E-state index contributed by atoms with van der Waals surface area (Å²) in [5.74, 6) is 1.70. The molecule has 0 fully saturated rings. The predicted octanol–water partition coefficient (Wildman–Crippen LogP) is 3.39. The Balaban J connectivity index is 1.84. The fourth-order valence-corrected chi connectivity index (χ4v) is 4.41. The van der Waals surface area contributed by atoms with Gasteiger partial charge >= 0.3 is 0 Å². The van der Waals surface area contributed by atoms with E-state index in [1.807, 2.05) is 11.4 Å². The first-order valence-electron chi connectivity index (χ1n) is 8.92. The Bertz CT molecular complexity index is 942. The Morgan fingerprint density at radius 3 is 2.92 bits per heavy atom. The topological polar surface area (TPSA) is 64.3 Å². The zero-order valence-corrected chi connectivity index (χ0v) is 16.3. The number of hydrogen-bond acceptors (Lipinski definition) is 6. The Hall–Kier alpha value is -1.57. The second-order valence-electron chi connectivity index (χ2n) is 7.52. The molecule has 6 nitrogen and oxygen atoms in total. The van der Waals surface area contributed by atoms with Crippen LogP contribution in [0, 0.1) is 6.92 Å². The molecule has 0 bridgehead atoms. The van der Waals surface area contributed by atoms with Crippen LogP contribution in [0.5, 0.6) is 0 Å². The van der Waals surface area contributed by atoms with Crippen molar-refractivity contribution in [1.82, 2.24) is 24.9 Å². The number of aromatic nitrogens is 4. The molecule has 134 valence electrons. The summed E-state index contributed by atoms with van der Waals surface area (Å²) in [6, 6.07) is 0.456. The van der Waals surface area contributed by atoms with Crippen LogP contribution in [0.4, 0.5) is 0 Å². The molecule has 3 aromatic rings. The third-order valence-electron chi connectivity index (χ3n) is 4.93. The van der Waals surface area contributed by atoms with E-state index >= 15 is 0 Å². The van der Waals surface area contributed by atoms with Gasteiger partial charge in [0.2, 0.25) is 0 Å². The molecule has 1 aliphatic rings. The summed E-state index contributed by atoms with van der Waals surface area (Å²) in [7, 11) is 0. The molecule has 4 rings (SSSR count). The normalized spacial score (nSPS) is 18.0. The molecule has 0 aromatic carbocycles. The molecule has 0 radical (unpaired) electrons. The van der Waals surface area contributed by atoms with E-state index in [4.69, 9.17) is 14.7 Å². The summed E-state index contributed by atoms with van der Waals surface area (Å²) in [4.78, 5) is 12.0. The molecular formula is C18H25N5OS. The molecule has 0 amide bonds. The zero-order chi connectivity index (χ0) is 17.8. The van der Waals surface area contributed by atoms with E-state index in [-0.39, 0.29) is 5.60 Å². The number of aryl methyl sites for hydroxylation is 1. The van der Waals surface area contributed by atoms with Crippen LogP contribution in [0.1, 0.15) is 56.2 Å². The maximum Gasteiger partial charge on any atom is 0.168 e. The van der Waals surface area contributed by atoms with Crippen molar-refractivity contribution >= 4 is 27.2 Å². The van der Waals surface area contributed by atoms with Gasteiger partial charge in [0.25, 0.3) is 0 Å². The minimum atomic E-state index is -0.149. The summed E-state index contributed by atoms with van der Waals surface area (Å²) < 4.78 is 7.87. The summed E-state index contributed by atoms with van der Waals surface area (Å²) >= 11 is 1.73. The molecule has 0 unspecified atom stereocenters. The number of rotatable bonds is 4. The fraction of sp³-hybridized carbons (Fsp3) is 0.611. The van der Waals surface area contributed by atoms with Gasteiger partial charge in [-0.15, -0.1) is 16.4 Å². The van der Waals surface area contributed by atoms with Crippen LogP contribution >= 0.6 is 11.3 Å². The van der Waals surface area contributed by atoms with E-state index in [0.717, 1.165) is 40.4 Å². The summed E-state index contributed by atoms with van der Waals surface area (Å²) in [6.45, 7) is 12.0. The van der Waals surface area contributed by atoms with Crippen molar-refractivity contribution in [1.29, 1.82) is 0 Å². The Kier molecular flexibility index (Phi) is 4.05. The van der Waals surface area contributed by atoms with E-state index in [2.05, 4.69) is 38.1 Å². The van der Waals surface area contributed by atoms with Crippen LogP contribution in [-0.4, -0.2) is 31.2 Å². The van der Waals surface area contributed by atoms with Gasteiger partial charge in [0.15, 0.2) is 11.5 Å². The number of hydrogen-bond donors (Lipinski definition) is 1. The third-order valence-corrected chi connectivity index (χ3v) is 6.03. The second-order valence-corrected chi connectivity index (χ2v) is 8.61. The molecule has 0 spiro atoms. The smallest absolute Gasteiger partial charge is 0.168 e. The maximum absolute atomic E-state index is 5.98. The molecule has 3 aromatic heterocycles. The lowest BCUT2D eigenvalue weighted by atomic mass is 9.94. The third kappa shape index (κ3) is 2.94. The second kappa shape index (κ2) is 6.00. The molecule has 7 heteroatoms. The van der Waals surface area contributed by atoms with Crippen LogP contribution in [0.3, 0.4) is 0 Å². The fourth-order valence-electron chi connectivity index (χ4n) is 3.27. The molecule has 4 heterocycles. The summed E-state index contributed by atoms with van der Waals surface area (Å²) in [6.07, 6.45) is 1.97. The van der Waals surface area contributed by atoms with Gasteiger partial charge in [-0.3, -0.25) is 0 Å². The average molecular weight is 359 g/mol. The minimum Gasteiger partial charge on any atom is -0.370 e. The quantitative estimate of drug-likeness (QED) is 0.773. The number of nitrogens with zero attached hydrogens (tertiary/aromatic N) is 4. The van der Waals surface area contributed by atoms with Crippen molar-refractivity contribution in [2.75, 3.05) is 0 Å². The largest absolute Gasteiger partial charge is 0.370 e. The molecule has 1 N–H and O–H groups in total. The average Bonchev–Trinajstić information content (AvgIpc) is 3.12. The zero-order valence-electron chi connectivity index (χ0n) is 15.5. The van der Waals surface area contributed by atoms with Crippen molar-refractivity contribution in [3.63, 3.8) is 0 Å². The Morgan fingerprint density at radius 2 is 2.16 bits per heavy atom. The van der Waals surface area contributed by atoms with Gasteiger partial charge in [0.1, 0.15) is 10.7 Å². The molecule has 1 atom stereocenters. The molecule has 0 saturated carbocycles. The van der Waals surface area contributed by atoms with Gasteiger partial charge in [0, 0.05) is 17.3 Å². The van der Waals surface area contributed by atoms with E-state index in [0.29, 0.717) is 19.2 Å². The monoisotopic (exact) mass is 359 g/mol. The van der Waals surface area contributed by atoms with Crippen LogP contribution < -0.4 is 5.32 Å². The Labute approximate surface area is 151 Å². The van der Waals surface area contributed by atoms with Gasteiger partial charge < -0.3 is 10.1 Å². The van der Waals surface area contributed by atoms with Gasteiger partial charge in [-0.2, -0.15) is 4.52 Å². The predicted molar refractivity (Wildman–Crippen MR) is 100 cm³/mol.